The average Bonchev–Trinajstić information content (AvgIpc) is 2.83. The highest BCUT2D eigenvalue weighted by atomic mass is 35.5. The van der Waals surface area contributed by atoms with Crippen molar-refractivity contribution < 1.29 is 18.9 Å². The minimum absolute atomic E-state index is 0.0935. The summed E-state index contributed by atoms with van der Waals surface area (Å²) in [6.07, 6.45) is 0.995. The van der Waals surface area contributed by atoms with Gasteiger partial charge in [0.1, 0.15) is 0 Å². The maximum absolute atomic E-state index is 12.6. The molecule has 26 heavy (non-hydrogen) atoms. The predicted octanol–water partition coefficient (Wildman–Crippen LogP) is 3.11. The summed E-state index contributed by atoms with van der Waals surface area (Å²) in [6.45, 7) is 0. The van der Waals surface area contributed by atoms with E-state index in [1.54, 1.807) is 12.1 Å². The number of Topliss-reactive ketones (excluding diaryl/α,β-unsaturated/α-hetero) is 1. The lowest BCUT2D eigenvalue weighted by Gasteiger charge is -2.21. The highest BCUT2D eigenvalue weighted by Crippen LogP contribution is 2.46. The van der Waals surface area contributed by atoms with Crippen molar-refractivity contribution in [3.8, 4) is 0 Å². The molecule has 2 aromatic carbocycles. The van der Waals surface area contributed by atoms with Gasteiger partial charge in [-0.2, -0.15) is 0 Å². The van der Waals surface area contributed by atoms with Crippen LogP contribution in [0.1, 0.15) is 22.3 Å². The van der Waals surface area contributed by atoms with E-state index in [2.05, 4.69) is 11.2 Å². The lowest BCUT2D eigenvalue weighted by Crippen LogP contribution is -2.36. The summed E-state index contributed by atoms with van der Waals surface area (Å²) in [5.41, 5.74) is -1.55. The molecule has 0 bridgehead atoms. The molecule has 1 aliphatic rings. The summed E-state index contributed by atoms with van der Waals surface area (Å²) in [4.78, 5) is 25.5. The summed E-state index contributed by atoms with van der Waals surface area (Å²) in [5, 5.41) is 13.7. The number of hydrogen-bond acceptors (Lipinski definition) is 4. The largest absolute Gasteiger partial charge is 0.375 e. The van der Waals surface area contributed by atoms with E-state index < -0.39 is 33.2 Å². The van der Waals surface area contributed by atoms with Crippen molar-refractivity contribution in [3.05, 3.63) is 57.6 Å². The van der Waals surface area contributed by atoms with Crippen molar-refractivity contribution in [2.45, 2.75) is 16.9 Å². The molecule has 0 aliphatic carbocycles. The molecular formula is C18H15Cl2NO4S. The fraction of sp³-hybridized carbons (Fsp3) is 0.167. The summed E-state index contributed by atoms with van der Waals surface area (Å²) in [7, 11) is -2.40. The van der Waals surface area contributed by atoms with Gasteiger partial charge in [0, 0.05) is 27.3 Å². The second-order valence-corrected chi connectivity index (χ2v) is 9.52. The number of benzene rings is 2. The molecule has 1 heterocycles. The van der Waals surface area contributed by atoms with Crippen molar-refractivity contribution in [1.82, 2.24) is 0 Å². The third kappa shape index (κ3) is 3.14. The van der Waals surface area contributed by atoms with Crippen LogP contribution in [0.5, 0.6) is 0 Å². The van der Waals surface area contributed by atoms with E-state index >= 15 is 0 Å². The molecule has 5 nitrogen and oxygen atoms in total. The van der Waals surface area contributed by atoms with Gasteiger partial charge in [0.2, 0.25) is 0 Å². The molecule has 2 N–H and O–H groups in total. The minimum Gasteiger partial charge on any atom is -0.375 e. The van der Waals surface area contributed by atoms with E-state index in [0.717, 1.165) is 0 Å². The van der Waals surface area contributed by atoms with E-state index in [1.165, 1.54) is 30.5 Å². The Morgan fingerprint density at radius 2 is 1.77 bits per heavy atom. The van der Waals surface area contributed by atoms with Crippen LogP contribution in [0, 0.1) is 0 Å². The lowest BCUT2D eigenvalue weighted by atomic mass is 9.88. The van der Waals surface area contributed by atoms with Crippen LogP contribution in [0.4, 0.5) is 5.69 Å². The monoisotopic (exact) mass is 411 g/mol. The molecular weight excluding hydrogens is 397 g/mol. The van der Waals surface area contributed by atoms with E-state index in [9.17, 15) is 18.9 Å². The molecule has 0 radical (unpaired) electrons. The zero-order valence-corrected chi connectivity index (χ0v) is 16.0. The van der Waals surface area contributed by atoms with Gasteiger partial charge in [0.05, 0.1) is 17.1 Å². The topological polar surface area (TPSA) is 83.5 Å². The van der Waals surface area contributed by atoms with Crippen molar-refractivity contribution in [2.24, 2.45) is 0 Å². The maximum atomic E-state index is 12.6. The van der Waals surface area contributed by atoms with Gasteiger partial charge in [-0.1, -0.05) is 35.3 Å². The number of amides is 1. The minimum atomic E-state index is -2.40. The quantitative estimate of drug-likeness (QED) is 0.597. The summed E-state index contributed by atoms with van der Waals surface area (Å²) >= 11 is 12.2. The second-order valence-electron chi connectivity index (χ2n) is 6.22. The molecule has 0 spiro atoms. The first-order chi connectivity index (χ1) is 12.0. The number of aliphatic hydroxyl groups is 1. The zero-order valence-electron chi connectivity index (χ0n) is 13.7. The molecule has 2 aromatic rings. The smallest absolute Gasteiger partial charge is 0.261 e. The van der Waals surface area contributed by atoms with E-state index in [1.807, 2.05) is 0 Å². The Kier molecular flexibility index (Phi) is 4.65. The number of fused-ring (bicyclic) bond motifs is 1. The first-order valence-corrected chi connectivity index (χ1v) is 10.4. The first-order valence-electron chi connectivity index (χ1n) is 7.52. The van der Waals surface area contributed by atoms with Gasteiger partial charge in [-0.05, 0) is 39.7 Å². The second kappa shape index (κ2) is 6.39. The van der Waals surface area contributed by atoms with Gasteiger partial charge in [-0.25, -0.2) is 0 Å². The Balaban J connectivity index is 1.95. The van der Waals surface area contributed by atoms with Crippen LogP contribution in [-0.4, -0.2) is 33.1 Å². The van der Waals surface area contributed by atoms with Gasteiger partial charge < -0.3 is 10.4 Å². The molecule has 1 aliphatic heterocycles. The summed E-state index contributed by atoms with van der Waals surface area (Å²) in [6, 6.07) is 9.01. The van der Waals surface area contributed by atoms with Crippen LogP contribution in [0.3, 0.4) is 0 Å². The van der Waals surface area contributed by atoms with Gasteiger partial charge in [-0.3, -0.25) is 13.8 Å². The Labute approximate surface area is 160 Å². The third-order valence-corrected chi connectivity index (χ3v) is 6.12. The fourth-order valence-corrected chi connectivity index (χ4v) is 4.07. The Bertz CT molecular complexity index is 1030. The van der Waals surface area contributed by atoms with Crippen LogP contribution >= 0.6 is 23.2 Å². The van der Waals surface area contributed by atoms with Crippen LogP contribution in [0.2, 0.25) is 10.0 Å². The zero-order chi connectivity index (χ0) is 19.3. The Morgan fingerprint density at radius 3 is 2.35 bits per heavy atom. The normalized spacial score (nSPS) is 21.0. The summed E-state index contributed by atoms with van der Waals surface area (Å²) < 4.78 is 11.9. The highest BCUT2D eigenvalue weighted by molar-refractivity contribution is 7.99. The number of ketones is 1. The lowest BCUT2D eigenvalue weighted by molar-refractivity contribution is -0.133. The number of carbonyl (C=O) groups excluding carboxylic acids is 2. The molecule has 136 valence electrons. The number of anilines is 1. The molecule has 8 heteroatoms. The van der Waals surface area contributed by atoms with E-state index in [4.69, 9.17) is 23.2 Å². The van der Waals surface area contributed by atoms with Crippen LogP contribution in [0.25, 0.3) is 0 Å². The van der Waals surface area contributed by atoms with Crippen molar-refractivity contribution >= 4 is 56.0 Å². The van der Waals surface area contributed by atoms with Crippen molar-refractivity contribution in [1.29, 1.82) is 0 Å². The van der Waals surface area contributed by atoms with Crippen LogP contribution in [-0.2, 0) is 19.9 Å². The number of rotatable bonds is 4. The van der Waals surface area contributed by atoms with Crippen LogP contribution < -0.4 is 5.32 Å². The number of hydrogen-bond donors (Lipinski definition) is 2. The van der Waals surface area contributed by atoms with Crippen LogP contribution in [0.15, 0.2) is 41.3 Å². The van der Waals surface area contributed by atoms with E-state index in [-0.39, 0.29) is 26.9 Å². The number of halogens is 2. The summed E-state index contributed by atoms with van der Waals surface area (Å²) in [5.74, 6) is 2.36. The molecule has 0 aromatic heterocycles. The van der Waals surface area contributed by atoms with Gasteiger partial charge >= 0.3 is 0 Å². The number of carbonyl (C=O) groups is 2. The molecule has 2 atom stereocenters. The maximum Gasteiger partial charge on any atom is 0.261 e. The third-order valence-electron chi connectivity index (χ3n) is 4.22. The SMILES string of the molecule is C=S(C)(=O)c1ccc(C(=O)CC2(O)C(=O)Nc3c(Cl)ccc(Cl)c32)cc1. The molecule has 0 fully saturated rings. The van der Waals surface area contributed by atoms with Crippen molar-refractivity contribution in [3.63, 3.8) is 0 Å². The fourth-order valence-electron chi connectivity index (χ4n) is 2.84. The Hall–Kier alpha value is -1.86. The van der Waals surface area contributed by atoms with Crippen molar-refractivity contribution in [2.75, 3.05) is 11.6 Å². The predicted molar refractivity (Wildman–Crippen MR) is 104 cm³/mol. The molecule has 1 amide bonds. The molecule has 2 unspecified atom stereocenters. The van der Waals surface area contributed by atoms with Gasteiger partial charge in [-0.15, -0.1) is 0 Å². The molecule has 0 saturated carbocycles. The molecule has 3 rings (SSSR count). The van der Waals surface area contributed by atoms with Gasteiger partial charge in [0.15, 0.2) is 11.4 Å². The first kappa shape index (κ1) is 18.9. The Morgan fingerprint density at radius 1 is 1.19 bits per heavy atom. The van der Waals surface area contributed by atoms with Gasteiger partial charge in [0.25, 0.3) is 5.91 Å². The highest BCUT2D eigenvalue weighted by Gasteiger charge is 2.49. The standard InChI is InChI=1S/C18H15Cl2NO4S/c1-26(2,25)11-5-3-10(4-6-11)14(22)9-18(24)15-12(19)7-8-13(20)16(15)21-17(18)23/h3-8,24H,1,9H2,2H3,(H,21,23). The number of nitrogens with one attached hydrogen (secondary N) is 1. The molecule has 0 saturated heterocycles. The van der Waals surface area contributed by atoms with E-state index in [0.29, 0.717) is 4.90 Å². The average molecular weight is 412 g/mol.